The predicted molar refractivity (Wildman–Crippen MR) is 81.7 cm³/mol. The van der Waals surface area contributed by atoms with Crippen molar-refractivity contribution in [2.75, 3.05) is 13.7 Å². The topological polar surface area (TPSA) is 47.6 Å². The molecule has 0 unspecified atom stereocenters. The normalized spacial score (nSPS) is 10.3. The Morgan fingerprint density at radius 2 is 1.91 bits per heavy atom. The van der Waals surface area contributed by atoms with Crippen LogP contribution in [0.3, 0.4) is 0 Å². The SMILES string of the molecule is CCOc1cc(F)cc(CNC(=O)c2cc(F)ccc2OC)c1. The van der Waals surface area contributed by atoms with Crippen LogP contribution in [0, 0.1) is 11.6 Å². The number of benzene rings is 2. The first-order chi connectivity index (χ1) is 11.0. The summed E-state index contributed by atoms with van der Waals surface area (Å²) in [4.78, 5) is 12.2. The molecule has 1 amide bonds. The number of carbonyl (C=O) groups excluding carboxylic acids is 1. The molecule has 0 heterocycles. The Bertz CT molecular complexity index is 704. The van der Waals surface area contributed by atoms with Gasteiger partial charge in [0.25, 0.3) is 5.91 Å². The molecule has 1 N–H and O–H groups in total. The fourth-order valence-corrected chi connectivity index (χ4v) is 2.11. The maximum absolute atomic E-state index is 13.5. The summed E-state index contributed by atoms with van der Waals surface area (Å²) in [6.07, 6.45) is 0. The number of hydrogen-bond acceptors (Lipinski definition) is 3. The van der Waals surface area contributed by atoms with Gasteiger partial charge in [-0.3, -0.25) is 4.79 Å². The number of methoxy groups -OCH3 is 1. The lowest BCUT2D eigenvalue weighted by molar-refractivity contribution is 0.0947. The van der Waals surface area contributed by atoms with E-state index >= 15 is 0 Å². The van der Waals surface area contributed by atoms with Gasteiger partial charge in [0.1, 0.15) is 23.1 Å². The minimum absolute atomic E-state index is 0.0777. The average Bonchev–Trinajstić information content (AvgIpc) is 2.52. The average molecular weight is 321 g/mol. The second kappa shape index (κ2) is 7.58. The molecule has 0 fully saturated rings. The van der Waals surface area contributed by atoms with Crippen molar-refractivity contribution in [1.29, 1.82) is 0 Å². The van der Waals surface area contributed by atoms with Crippen LogP contribution >= 0.6 is 0 Å². The van der Waals surface area contributed by atoms with Gasteiger partial charge in [-0.25, -0.2) is 8.78 Å². The summed E-state index contributed by atoms with van der Waals surface area (Å²) in [7, 11) is 1.39. The third-order valence-corrected chi connectivity index (χ3v) is 3.10. The summed E-state index contributed by atoms with van der Waals surface area (Å²) in [5.41, 5.74) is 0.617. The molecule has 0 atom stereocenters. The summed E-state index contributed by atoms with van der Waals surface area (Å²) in [6, 6.07) is 7.87. The predicted octanol–water partition coefficient (Wildman–Crippen LogP) is 3.30. The zero-order chi connectivity index (χ0) is 16.8. The molecule has 2 aromatic rings. The maximum Gasteiger partial charge on any atom is 0.255 e. The van der Waals surface area contributed by atoms with Crippen molar-refractivity contribution in [2.45, 2.75) is 13.5 Å². The molecular weight excluding hydrogens is 304 g/mol. The van der Waals surface area contributed by atoms with Gasteiger partial charge in [-0.1, -0.05) is 0 Å². The van der Waals surface area contributed by atoms with E-state index in [1.807, 2.05) is 0 Å². The van der Waals surface area contributed by atoms with Crippen LogP contribution in [-0.2, 0) is 6.54 Å². The van der Waals surface area contributed by atoms with Crippen LogP contribution in [0.25, 0.3) is 0 Å². The number of ether oxygens (including phenoxy) is 2. The Labute approximate surface area is 133 Å². The Morgan fingerprint density at radius 3 is 2.61 bits per heavy atom. The van der Waals surface area contributed by atoms with E-state index in [1.54, 1.807) is 13.0 Å². The van der Waals surface area contributed by atoms with Crippen molar-refractivity contribution < 1.29 is 23.0 Å². The molecule has 0 aliphatic rings. The van der Waals surface area contributed by atoms with Gasteiger partial charge >= 0.3 is 0 Å². The Hall–Kier alpha value is -2.63. The fourth-order valence-electron chi connectivity index (χ4n) is 2.11. The van der Waals surface area contributed by atoms with Gasteiger partial charge in [0.15, 0.2) is 0 Å². The van der Waals surface area contributed by atoms with Crippen molar-refractivity contribution in [3.8, 4) is 11.5 Å². The molecule has 0 aliphatic carbocycles. The minimum Gasteiger partial charge on any atom is -0.496 e. The summed E-state index contributed by atoms with van der Waals surface area (Å²) in [5, 5.41) is 2.61. The summed E-state index contributed by atoms with van der Waals surface area (Å²) in [5.74, 6) is -0.856. The number of hydrogen-bond donors (Lipinski definition) is 1. The van der Waals surface area contributed by atoms with Gasteiger partial charge in [0, 0.05) is 12.6 Å². The van der Waals surface area contributed by atoms with Crippen LogP contribution in [0.4, 0.5) is 8.78 Å². The molecule has 4 nitrogen and oxygen atoms in total. The van der Waals surface area contributed by atoms with Gasteiger partial charge in [-0.2, -0.15) is 0 Å². The lowest BCUT2D eigenvalue weighted by atomic mass is 10.1. The highest BCUT2D eigenvalue weighted by molar-refractivity contribution is 5.96. The van der Waals surface area contributed by atoms with Crippen molar-refractivity contribution in [3.63, 3.8) is 0 Å². The molecule has 0 spiro atoms. The van der Waals surface area contributed by atoms with E-state index < -0.39 is 17.5 Å². The van der Waals surface area contributed by atoms with E-state index in [0.717, 1.165) is 6.07 Å². The minimum atomic E-state index is -0.541. The molecule has 2 rings (SSSR count). The number of amides is 1. The molecule has 2 aromatic carbocycles. The highest BCUT2D eigenvalue weighted by Gasteiger charge is 2.13. The van der Waals surface area contributed by atoms with E-state index in [-0.39, 0.29) is 17.9 Å². The second-order valence-electron chi connectivity index (χ2n) is 4.76. The first-order valence-electron chi connectivity index (χ1n) is 7.07. The van der Waals surface area contributed by atoms with Gasteiger partial charge in [0.05, 0.1) is 19.3 Å². The summed E-state index contributed by atoms with van der Waals surface area (Å²) in [6.45, 7) is 2.29. The summed E-state index contributed by atoms with van der Waals surface area (Å²) < 4.78 is 37.1. The van der Waals surface area contributed by atoms with Gasteiger partial charge in [0.2, 0.25) is 0 Å². The molecule has 6 heteroatoms. The van der Waals surface area contributed by atoms with Crippen LogP contribution < -0.4 is 14.8 Å². The van der Waals surface area contributed by atoms with Crippen LogP contribution in [0.1, 0.15) is 22.8 Å². The molecular formula is C17H17F2NO3. The lowest BCUT2D eigenvalue weighted by Crippen LogP contribution is -2.23. The van der Waals surface area contributed by atoms with E-state index in [2.05, 4.69) is 5.32 Å². The molecule has 23 heavy (non-hydrogen) atoms. The first kappa shape index (κ1) is 16.7. The number of nitrogens with one attached hydrogen (secondary N) is 1. The van der Waals surface area contributed by atoms with Crippen LogP contribution in [0.15, 0.2) is 36.4 Å². The quantitative estimate of drug-likeness (QED) is 0.888. The zero-order valence-corrected chi connectivity index (χ0v) is 12.9. The molecule has 0 saturated carbocycles. The van der Waals surface area contributed by atoms with Crippen molar-refractivity contribution in [2.24, 2.45) is 0 Å². The highest BCUT2D eigenvalue weighted by Crippen LogP contribution is 2.20. The molecule has 122 valence electrons. The Balaban J connectivity index is 2.12. The zero-order valence-electron chi connectivity index (χ0n) is 12.9. The standard InChI is InChI=1S/C17H17F2NO3/c1-3-23-14-7-11(6-13(19)8-14)10-20-17(21)15-9-12(18)4-5-16(15)22-2/h4-9H,3,10H2,1-2H3,(H,20,21). The highest BCUT2D eigenvalue weighted by atomic mass is 19.1. The number of rotatable bonds is 6. The third-order valence-electron chi connectivity index (χ3n) is 3.10. The van der Waals surface area contributed by atoms with Crippen molar-refractivity contribution >= 4 is 5.91 Å². The number of carbonyl (C=O) groups is 1. The molecule has 0 radical (unpaired) electrons. The van der Waals surface area contributed by atoms with Crippen LogP contribution in [0.2, 0.25) is 0 Å². The van der Waals surface area contributed by atoms with E-state index in [9.17, 15) is 13.6 Å². The van der Waals surface area contributed by atoms with Gasteiger partial charge in [-0.05, 0) is 42.8 Å². The van der Waals surface area contributed by atoms with Crippen LogP contribution in [0.5, 0.6) is 11.5 Å². The Kier molecular flexibility index (Phi) is 5.51. The van der Waals surface area contributed by atoms with E-state index in [0.29, 0.717) is 17.9 Å². The monoisotopic (exact) mass is 321 g/mol. The van der Waals surface area contributed by atoms with Crippen molar-refractivity contribution in [1.82, 2.24) is 5.32 Å². The fraction of sp³-hybridized carbons (Fsp3) is 0.235. The van der Waals surface area contributed by atoms with Crippen LogP contribution in [-0.4, -0.2) is 19.6 Å². The van der Waals surface area contributed by atoms with Crippen molar-refractivity contribution in [3.05, 3.63) is 59.2 Å². The van der Waals surface area contributed by atoms with E-state index in [1.165, 1.54) is 31.4 Å². The summed E-state index contributed by atoms with van der Waals surface area (Å²) >= 11 is 0. The third kappa shape index (κ3) is 4.42. The molecule has 0 aromatic heterocycles. The second-order valence-corrected chi connectivity index (χ2v) is 4.76. The lowest BCUT2D eigenvalue weighted by Gasteiger charge is -2.11. The first-order valence-corrected chi connectivity index (χ1v) is 7.07. The van der Waals surface area contributed by atoms with E-state index in [4.69, 9.17) is 9.47 Å². The molecule has 0 saturated heterocycles. The number of halogens is 2. The maximum atomic E-state index is 13.5. The molecule has 0 aliphatic heterocycles. The largest absolute Gasteiger partial charge is 0.496 e. The Morgan fingerprint density at radius 1 is 1.13 bits per heavy atom. The van der Waals surface area contributed by atoms with Gasteiger partial charge in [-0.15, -0.1) is 0 Å². The smallest absolute Gasteiger partial charge is 0.255 e. The van der Waals surface area contributed by atoms with Gasteiger partial charge < -0.3 is 14.8 Å². The molecule has 0 bridgehead atoms.